The van der Waals surface area contributed by atoms with Gasteiger partial charge in [-0.3, -0.25) is 0 Å². The first-order valence-corrected chi connectivity index (χ1v) is 5.53. The molecule has 2 aromatic rings. The van der Waals surface area contributed by atoms with Crippen molar-refractivity contribution in [3.8, 4) is 11.3 Å². The molecule has 0 aliphatic rings. The van der Waals surface area contributed by atoms with Crippen molar-refractivity contribution in [1.82, 2.24) is 9.97 Å². The highest BCUT2D eigenvalue weighted by molar-refractivity contribution is 5.87. The molecule has 0 saturated heterocycles. The SMILES string of the molecule is CN(C)c1nc(C(=O)O)cc(-c2ccc(F)cc2)n1. The van der Waals surface area contributed by atoms with E-state index >= 15 is 0 Å². The third kappa shape index (κ3) is 2.85. The lowest BCUT2D eigenvalue weighted by molar-refractivity contribution is 0.0690. The first-order valence-electron chi connectivity index (χ1n) is 5.53. The van der Waals surface area contributed by atoms with Gasteiger partial charge < -0.3 is 10.0 Å². The smallest absolute Gasteiger partial charge is 0.354 e. The van der Waals surface area contributed by atoms with Crippen LogP contribution in [0, 0.1) is 5.82 Å². The van der Waals surface area contributed by atoms with Crippen LogP contribution >= 0.6 is 0 Å². The van der Waals surface area contributed by atoms with Crippen LogP contribution in [0.3, 0.4) is 0 Å². The predicted octanol–water partition coefficient (Wildman–Crippen LogP) is 2.05. The van der Waals surface area contributed by atoms with Gasteiger partial charge in [0.15, 0.2) is 5.69 Å². The molecule has 1 aromatic heterocycles. The fourth-order valence-corrected chi connectivity index (χ4v) is 1.51. The number of carboxylic acid groups (broad SMARTS) is 1. The fraction of sp³-hybridized carbons (Fsp3) is 0.154. The number of carboxylic acids is 1. The first kappa shape index (κ1) is 12.9. The molecule has 1 heterocycles. The van der Waals surface area contributed by atoms with Crippen molar-refractivity contribution < 1.29 is 14.3 Å². The van der Waals surface area contributed by atoms with E-state index in [1.54, 1.807) is 31.1 Å². The maximum absolute atomic E-state index is 12.9. The van der Waals surface area contributed by atoms with Gasteiger partial charge in [0.2, 0.25) is 5.95 Å². The third-order valence-corrected chi connectivity index (χ3v) is 2.47. The monoisotopic (exact) mass is 261 g/mol. The summed E-state index contributed by atoms with van der Waals surface area (Å²) < 4.78 is 12.9. The van der Waals surface area contributed by atoms with Gasteiger partial charge in [-0.1, -0.05) is 0 Å². The average Bonchev–Trinajstić information content (AvgIpc) is 2.39. The predicted molar refractivity (Wildman–Crippen MR) is 68.7 cm³/mol. The molecule has 5 nitrogen and oxygen atoms in total. The second-order valence-corrected chi connectivity index (χ2v) is 4.14. The number of halogens is 1. The second-order valence-electron chi connectivity index (χ2n) is 4.14. The minimum Gasteiger partial charge on any atom is -0.477 e. The van der Waals surface area contributed by atoms with Crippen molar-refractivity contribution in [2.75, 3.05) is 19.0 Å². The number of benzene rings is 1. The van der Waals surface area contributed by atoms with E-state index in [1.165, 1.54) is 18.2 Å². The van der Waals surface area contributed by atoms with Gasteiger partial charge in [-0.2, -0.15) is 0 Å². The molecular weight excluding hydrogens is 249 g/mol. The summed E-state index contributed by atoms with van der Waals surface area (Å²) in [6.07, 6.45) is 0. The lowest BCUT2D eigenvalue weighted by Gasteiger charge is -2.12. The van der Waals surface area contributed by atoms with Gasteiger partial charge in [0, 0.05) is 19.7 Å². The molecular formula is C13H12FN3O2. The molecule has 0 bridgehead atoms. The molecule has 6 heteroatoms. The van der Waals surface area contributed by atoms with Crippen LogP contribution in [0.1, 0.15) is 10.5 Å². The van der Waals surface area contributed by atoms with E-state index in [9.17, 15) is 9.18 Å². The molecule has 0 aliphatic carbocycles. The average molecular weight is 261 g/mol. The summed E-state index contributed by atoms with van der Waals surface area (Å²) in [6, 6.07) is 7.05. The maximum atomic E-state index is 12.9. The van der Waals surface area contributed by atoms with Gasteiger partial charge in [0.1, 0.15) is 5.82 Å². The van der Waals surface area contributed by atoms with Gasteiger partial charge in [-0.25, -0.2) is 19.2 Å². The summed E-state index contributed by atoms with van der Waals surface area (Å²) in [5, 5.41) is 9.04. The summed E-state index contributed by atoms with van der Waals surface area (Å²) in [6.45, 7) is 0. The van der Waals surface area contributed by atoms with E-state index in [-0.39, 0.29) is 11.5 Å². The molecule has 19 heavy (non-hydrogen) atoms. The molecule has 0 spiro atoms. The molecule has 0 aliphatic heterocycles. The van der Waals surface area contributed by atoms with Gasteiger partial charge in [-0.05, 0) is 30.3 Å². The van der Waals surface area contributed by atoms with Crippen molar-refractivity contribution in [3.63, 3.8) is 0 Å². The number of rotatable bonds is 3. The van der Waals surface area contributed by atoms with E-state index in [2.05, 4.69) is 9.97 Å². The van der Waals surface area contributed by atoms with Gasteiger partial charge in [-0.15, -0.1) is 0 Å². The normalized spacial score (nSPS) is 10.3. The van der Waals surface area contributed by atoms with Crippen molar-refractivity contribution in [2.45, 2.75) is 0 Å². The number of aromatic nitrogens is 2. The molecule has 1 N–H and O–H groups in total. The van der Waals surface area contributed by atoms with Crippen LogP contribution in [0.5, 0.6) is 0 Å². The molecule has 0 saturated carbocycles. The molecule has 1 aromatic carbocycles. The highest BCUT2D eigenvalue weighted by atomic mass is 19.1. The zero-order valence-corrected chi connectivity index (χ0v) is 10.5. The second kappa shape index (κ2) is 5.01. The minimum atomic E-state index is -1.13. The molecule has 0 radical (unpaired) electrons. The quantitative estimate of drug-likeness (QED) is 0.915. The van der Waals surface area contributed by atoms with Gasteiger partial charge in [0.25, 0.3) is 0 Å². The highest BCUT2D eigenvalue weighted by Crippen LogP contribution is 2.20. The van der Waals surface area contributed by atoms with Crippen LogP contribution in [0.25, 0.3) is 11.3 Å². The number of hydrogen-bond donors (Lipinski definition) is 1. The van der Waals surface area contributed by atoms with E-state index < -0.39 is 5.97 Å². The van der Waals surface area contributed by atoms with Gasteiger partial charge >= 0.3 is 5.97 Å². The number of anilines is 1. The van der Waals surface area contributed by atoms with Crippen molar-refractivity contribution in [1.29, 1.82) is 0 Å². The van der Waals surface area contributed by atoms with Crippen molar-refractivity contribution in [3.05, 3.63) is 41.8 Å². The Balaban J connectivity index is 2.55. The molecule has 0 amide bonds. The summed E-state index contributed by atoms with van der Waals surface area (Å²) >= 11 is 0. The van der Waals surface area contributed by atoms with E-state index in [1.807, 2.05) is 0 Å². The number of nitrogens with zero attached hydrogens (tertiary/aromatic N) is 3. The fourth-order valence-electron chi connectivity index (χ4n) is 1.51. The molecule has 98 valence electrons. The van der Waals surface area contributed by atoms with Gasteiger partial charge in [0.05, 0.1) is 5.69 Å². The topological polar surface area (TPSA) is 66.3 Å². The molecule has 0 unspecified atom stereocenters. The number of aromatic carboxylic acids is 1. The molecule has 2 rings (SSSR count). The van der Waals surface area contributed by atoms with Crippen LogP contribution in [0.15, 0.2) is 30.3 Å². The van der Waals surface area contributed by atoms with Crippen LogP contribution < -0.4 is 4.90 Å². The Hall–Kier alpha value is -2.50. The third-order valence-electron chi connectivity index (χ3n) is 2.47. The van der Waals surface area contributed by atoms with Crippen LogP contribution in [0.4, 0.5) is 10.3 Å². The summed E-state index contributed by atoms with van der Waals surface area (Å²) in [5.41, 5.74) is 0.975. The summed E-state index contributed by atoms with van der Waals surface area (Å²) in [5.74, 6) is -1.20. The zero-order valence-electron chi connectivity index (χ0n) is 10.5. The Kier molecular flexibility index (Phi) is 3.41. The zero-order chi connectivity index (χ0) is 14.0. The lowest BCUT2D eigenvalue weighted by atomic mass is 10.1. The number of carbonyl (C=O) groups is 1. The number of hydrogen-bond acceptors (Lipinski definition) is 4. The molecule has 0 fully saturated rings. The van der Waals surface area contributed by atoms with Crippen molar-refractivity contribution in [2.24, 2.45) is 0 Å². The standard InChI is InChI=1S/C13H12FN3O2/c1-17(2)13-15-10(7-11(16-13)12(18)19)8-3-5-9(14)6-4-8/h3-7H,1-2H3,(H,18,19). The Morgan fingerprint density at radius 2 is 1.84 bits per heavy atom. The Morgan fingerprint density at radius 3 is 2.37 bits per heavy atom. The van der Waals surface area contributed by atoms with Crippen LogP contribution in [-0.2, 0) is 0 Å². The van der Waals surface area contributed by atoms with E-state index in [0.29, 0.717) is 17.2 Å². The van der Waals surface area contributed by atoms with Crippen LogP contribution in [-0.4, -0.2) is 35.1 Å². The van der Waals surface area contributed by atoms with Crippen molar-refractivity contribution >= 4 is 11.9 Å². The Bertz CT molecular complexity index is 612. The Labute approximate surface area is 109 Å². The van der Waals surface area contributed by atoms with Crippen LogP contribution in [0.2, 0.25) is 0 Å². The first-order chi connectivity index (χ1) is 8.97. The lowest BCUT2D eigenvalue weighted by Crippen LogP contribution is -2.15. The summed E-state index contributed by atoms with van der Waals surface area (Å²) in [7, 11) is 3.44. The molecule has 0 atom stereocenters. The largest absolute Gasteiger partial charge is 0.477 e. The Morgan fingerprint density at radius 1 is 1.21 bits per heavy atom. The minimum absolute atomic E-state index is 0.0991. The maximum Gasteiger partial charge on any atom is 0.354 e. The van der Waals surface area contributed by atoms with E-state index in [0.717, 1.165) is 0 Å². The summed E-state index contributed by atoms with van der Waals surface area (Å²) in [4.78, 5) is 20.8. The van der Waals surface area contributed by atoms with E-state index in [4.69, 9.17) is 5.11 Å². The highest BCUT2D eigenvalue weighted by Gasteiger charge is 2.12.